The Labute approximate surface area is 108 Å². The van der Waals surface area contributed by atoms with Gasteiger partial charge >= 0.3 is 5.97 Å². The summed E-state index contributed by atoms with van der Waals surface area (Å²) < 4.78 is 15.6. The fourth-order valence-electron chi connectivity index (χ4n) is 1.72. The van der Waals surface area contributed by atoms with Crippen LogP contribution in [0.1, 0.15) is 26.3 Å². The molecule has 18 heavy (non-hydrogen) atoms. The van der Waals surface area contributed by atoms with Crippen molar-refractivity contribution in [3.63, 3.8) is 0 Å². The van der Waals surface area contributed by atoms with Crippen LogP contribution in [0.3, 0.4) is 0 Å². The van der Waals surface area contributed by atoms with Gasteiger partial charge in [-0.3, -0.25) is 4.79 Å². The van der Waals surface area contributed by atoms with E-state index < -0.39 is 0 Å². The fraction of sp³-hybridized carbons (Fsp3) is 0.500. The van der Waals surface area contributed by atoms with Crippen molar-refractivity contribution in [2.75, 3.05) is 20.8 Å². The normalized spacial score (nSPS) is 10.9. The molecule has 4 nitrogen and oxygen atoms in total. The predicted octanol–water partition coefficient (Wildman–Crippen LogP) is 2.54. The van der Waals surface area contributed by atoms with Gasteiger partial charge in [-0.25, -0.2) is 0 Å². The summed E-state index contributed by atoms with van der Waals surface area (Å²) in [6.45, 7) is 5.72. The zero-order valence-electron chi connectivity index (χ0n) is 11.6. The lowest BCUT2D eigenvalue weighted by molar-refractivity contribution is -0.142. The van der Waals surface area contributed by atoms with Crippen LogP contribution < -0.4 is 9.47 Å². The van der Waals surface area contributed by atoms with E-state index in [1.165, 1.54) is 6.92 Å². The highest BCUT2D eigenvalue weighted by molar-refractivity contribution is 5.66. The van der Waals surface area contributed by atoms with E-state index >= 15 is 0 Å². The van der Waals surface area contributed by atoms with Crippen LogP contribution in [-0.4, -0.2) is 26.8 Å². The van der Waals surface area contributed by atoms with Gasteiger partial charge in [0.25, 0.3) is 0 Å². The molecule has 1 rings (SSSR count). The Morgan fingerprint density at radius 3 is 2.39 bits per heavy atom. The summed E-state index contributed by atoms with van der Waals surface area (Å²) in [7, 11) is 3.22. The monoisotopic (exact) mass is 252 g/mol. The molecule has 0 heterocycles. The molecule has 0 atom stereocenters. The molecule has 0 aliphatic carbocycles. The van der Waals surface area contributed by atoms with Crippen LogP contribution in [0.15, 0.2) is 18.2 Å². The van der Waals surface area contributed by atoms with Crippen LogP contribution in [0.4, 0.5) is 0 Å². The topological polar surface area (TPSA) is 44.8 Å². The van der Waals surface area contributed by atoms with E-state index in [9.17, 15) is 4.79 Å². The third-order valence-corrected chi connectivity index (χ3v) is 2.77. The smallest absolute Gasteiger partial charge is 0.302 e. The number of carbonyl (C=O) groups excluding carboxylic acids is 1. The average molecular weight is 252 g/mol. The molecule has 0 fully saturated rings. The summed E-state index contributed by atoms with van der Waals surface area (Å²) >= 11 is 0. The van der Waals surface area contributed by atoms with Gasteiger partial charge in [0.2, 0.25) is 0 Å². The Morgan fingerprint density at radius 1 is 1.22 bits per heavy atom. The maximum Gasteiger partial charge on any atom is 0.302 e. The summed E-state index contributed by atoms with van der Waals surface area (Å²) in [6.07, 6.45) is 0. The Hall–Kier alpha value is -1.71. The van der Waals surface area contributed by atoms with Gasteiger partial charge in [0, 0.05) is 24.0 Å². The number of esters is 1. The lowest BCUT2D eigenvalue weighted by atomic mass is 9.85. The van der Waals surface area contributed by atoms with Crippen molar-refractivity contribution in [2.45, 2.75) is 26.2 Å². The first kappa shape index (κ1) is 14.4. The molecule has 0 aromatic heterocycles. The average Bonchev–Trinajstić information content (AvgIpc) is 2.35. The zero-order chi connectivity index (χ0) is 13.8. The largest absolute Gasteiger partial charge is 0.497 e. The first-order chi connectivity index (χ1) is 8.40. The van der Waals surface area contributed by atoms with Crippen LogP contribution in [0.25, 0.3) is 0 Å². The third-order valence-electron chi connectivity index (χ3n) is 2.77. The van der Waals surface area contributed by atoms with Crippen LogP contribution >= 0.6 is 0 Å². The van der Waals surface area contributed by atoms with Crippen molar-refractivity contribution < 1.29 is 19.0 Å². The van der Waals surface area contributed by atoms with Crippen molar-refractivity contribution in [3.8, 4) is 11.5 Å². The number of ether oxygens (including phenoxy) is 3. The standard InChI is InChI=1S/C14H20O4/c1-10(15)18-9-14(2,3)12-7-6-11(16-4)8-13(12)17-5/h6-8H,9H2,1-5H3. The molecule has 0 aliphatic rings. The van der Waals surface area contributed by atoms with Gasteiger partial charge in [-0.05, 0) is 6.07 Å². The molecular formula is C14H20O4. The molecule has 100 valence electrons. The van der Waals surface area contributed by atoms with Crippen molar-refractivity contribution in [2.24, 2.45) is 0 Å². The van der Waals surface area contributed by atoms with Gasteiger partial charge in [0.15, 0.2) is 0 Å². The SMILES string of the molecule is COc1ccc(C(C)(C)COC(C)=O)c(OC)c1. The second kappa shape index (κ2) is 5.76. The van der Waals surface area contributed by atoms with E-state index in [1.807, 2.05) is 32.0 Å². The molecule has 1 aromatic carbocycles. The number of hydrogen-bond acceptors (Lipinski definition) is 4. The van der Waals surface area contributed by atoms with E-state index in [-0.39, 0.29) is 11.4 Å². The molecule has 0 spiro atoms. The second-order valence-electron chi connectivity index (χ2n) is 4.73. The Bertz CT molecular complexity index is 424. The van der Waals surface area contributed by atoms with Gasteiger partial charge in [-0.2, -0.15) is 0 Å². The van der Waals surface area contributed by atoms with Crippen LogP contribution in [0.2, 0.25) is 0 Å². The second-order valence-corrected chi connectivity index (χ2v) is 4.73. The van der Waals surface area contributed by atoms with Gasteiger partial charge in [0.05, 0.1) is 14.2 Å². The molecule has 4 heteroatoms. The molecule has 0 saturated carbocycles. The molecule has 0 unspecified atom stereocenters. The van der Waals surface area contributed by atoms with E-state index in [0.29, 0.717) is 6.61 Å². The first-order valence-corrected chi connectivity index (χ1v) is 5.76. The highest BCUT2D eigenvalue weighted by Gasteiger charge is 2.26. The third kappa shape index (κ3) is 3.39. The van der Waals surface area contributed by atoms with Gasteiger partial charge in [-0.15, -0.1) is 0 Å². The van der Waals surface area contributed by atoms with Crippen molar-refractivity contribution in [3.05, 3.63) is 23.8 Å². The number of rotatable bonds is 5. The molecule has 0 bridgehead atoms. The minimum Gasteiger partial charge on any atom is -0.497 e. The fourth-order valence-corrected chi connectivity index (χ4v) is 1.72. The van der Waals surface area contributed by atoms with Crippen molar-refractivity contribution >= 4 is 5.97 Å². The Kier molecular flexibility index (Phi) is 4.59. The van der Waals surface area contributed by atoms with E-state index in [4.69, 9.17) is 14.2 Å². The van der Waals surface area contributed by atoms with Gasteiger partial charge in [0.1, 0.15) is 18.1 Å². The molecular weight excluding hydrogens is 232 g/mol. The first-order valence-electron chi connectivity index (χ1n) is 5.76. The minimum absolute atomic E-state index is 0.282. The summed E-state index contributed by atoms with van der Waals surface area (Å²) in [5.41, 5.74) is 0.663. The minimum atomic E-state index is -0.316. The summed E-state index contributed by atoms with van der Waals surface area (Å²) in [6, 6.07) is 5.62. The van der Waals surface area contributed by atoms with Crippen LogP contribution in [-0.2, 0) is 14.9 Å². The van der Waals surface area contributed by atoms with Crippen LogP contribution in [0, 0.1) is 0 Å². The number of carbonyl (C=O) groups is 1. The van der Waals surface area contributed by atoms with Crippen molar-refractivity contribution in [1.82, 2.24) is 0 Å². The lowest BCUT2D eigenvalue weighted by Gasteiger charge is -2.26. The van der Waals surface area contributed by atoms with Crippen LogP contribution in [0.5, 0.6) is 11.5 Å². The Balaban J connectivity index is 3.02. The van der Waals surface area contributed by atoms with E-state index in [2.05, 4.69) is 0 Å². The van der Waals surface area contributed by atoms with Crippen molar-refractivity contribution in [1.29, 1.82) is 0 Å². The molecule has 0 amide bonds. The molecule has 0 saturated heterocycles. The van der Waals surface area contributed by atoms with Gasteiger partial charge < -0.3 is 14.2 Å². The maximum atomic E-state index is 10.9. The molecule has 0 aliphatic heterocycles. The highest BCUT2D eigenvalue weighted by Crippen LogP contribution is 2.34. The summed E-state index contributed by atoms with van der Waals surface area (Å²) in [5.74, 6) is 1.18. The van der Waals surface area contributed by atoms with E-state index in [1.54, 1.807) is 14.2 Å². The number of methoxy groups -OCH3 is 2. The quantitative estimate of drug-likeness (QED) is 0.755. The predicted molar refractivity (Wildman–Crippen MR) is 69.2 cm³/mol. The zero-order valence-corrected chi connectivity index (χ0v) is 11.6. The summed E-state index contributed by atoms with van der Waals surface area (Å²) in [5, 5.41) is 0. The number of benzene rings is 1. The highest BCUT2D eigenvalue weighted by atomic mass is 16.5. The molecule has 1 aromatic rings. The van der Waals surface area contributed by atoms with Gasteiger partial charge in [-0.1, -0.05) is 19.9 Å². The Morgan fingerprint density at radius 2 is 1.89 bits per heavy atom. The lowest BCUT2D eigenvalue weighted by Crippen LogP contribution is -2.26. The number of hydrogen-bond donors (Lipinski definition) is 0. The molecule has 0 N–H and O–H groups in total. The van der Waals surface area contributed by atoms with E-state index in [0.717, 1.165) is 17.1 Å². The molecule has 0 radical (unpaired) electrons. The summed E-state index contributed by atoms with van der Waals surface area (Å²) in [4.78, 5) is 10.9. The maximum absolute atomic E-state index is 10.9.